The molecule has 1 aromatic heterocycles. The van der Waals surface area contributed by atoms with Crippen molar-refractivity contribution in [2.75, 3.05) is 31.3 Å². The van der Waals surface area contributed by atoms with Crippen LogP contribution in [0.5, 0.6) is 0 Å². The molecule has 3 N–H and O–H groups in total. The monoisotopic (exact) mass is 323 g/mol. The third-order valence-corrected chi connectivity index (χ3v) is 3.60. The van der Waals surface area contributed by atoms with E-state index in [0.717, 1.165) is 11.3 Å². The fraction of sp³-hybridized carbons (Fsp3) is 0.333. The number of nitrogens with one attached hydrogen (secondary N) is 3. The van der Waals surface area contributed by atoms with E-state index in [1.54, 1.807) is 0 Å². The zero-order valence-electron chi connectivity index (χ0n) is 13.9. The maximum Gasteiger partial charge on any atom is 0.324 e. The molecule has 6 nitrogen and oxygen atoms in total. The summed E-state index contributed by atoms with van der Waals surface area (Å²) >= 11 is 0. The van der Waals surface area contributed by atoms with Crippen LogP contribution < -0.4 is 10.6 Å². The minimum Gasteiger partial charge on any atom is -0.308 e. The molecule has 1 fully saturated rings. The van der Waals surface area contributed by atoms with Gasteiger partial charge in [0, 0.05) is 28.9 Å². The van der Waals surface area contributed by atoms with E-state index >= 15 is 0 Å². The van der Waals surface area contributed by atoms with Crippen LogP contribution in [0.3, 0.4) is 0 Å². The minimum absolute atomic E-state index is 0.317. The molecule has 0 spiro atoms. The number of aromatic nitrogens is 2. The van der Waals surface area contributed by atoms with E-state index in [1.165, 1.54) is 12.8 Å². The predicted molar refractivity (Wildman–Crippen MR) is 95.1 cm³/mol. The summed E-state index contributed by atoms with van der Waals surface area (Å²) in [5.74, 6) is 7.27. The molecule has 24 heavy (non-hydrogen) atoms. The fourth-order valence-corrected chi connectivity index (χ4v) is 2.26. The average molecular weight is 323 g/mol. The molecule has 1 aliphatic rings. The van der Waals surface area contributed by atoms with Crippen LogP contribution >= 0.6 is 0 Å². The quantitative estimate of drug-likeness (QED) is 0.758. The number of amides is 2. The summed E-state index contributed by atoms with van der Waals surface area (Å²) in [6.07, 6.45) is 2.38. The highest BCUT2D eigenvalue weighted by molar-refractivity contribution is 5.99. The van der Waals surface area contributed by atoms with Crippen molar-refractivity contribution in [2.45, 2.75) is 18.8 Å². The number of H-pyrrole nitrogens is 1. The number of hydrogen-bond acceptors (Lipinski definition) is 3. The van der Waals surface area contributed by atoms with Crippen molar-refractivity contribution in [1.82, 2.24) is 15.1 Å². The summed E-state index contributed by atoms with van der Waals surface area (Å²) in [4.78, 5) is 14.1. The first-order chi connectivity index (χ1) is 11.6. The summed E-state index contributed by atoms with van der Waals surface area (Å²) < 4.78 is 0. The molecule has 0 aliphatic heterocycles. The Bertz CT molecular complexity index is 780. The standard InChI is InChI=1S/C18H21N5O/c1-23(2)10-4-6-13-5-3-7-15(11-13)19-18(24)20-17-12-16(21-22-17)14-8-9-14/h3,5,7,11-12,14H,8-10H2,1-2H3,(H3,19,20,21,22,24). The molecule has 0 bridgehead atoms. The molecule has 0 unspecified atom stereocenters. The number of hydrogen-bond donors (Lipinski definition) is 3. The van der Waals surface area contributed by atoms with Gasteiger partial charge in [0.05, 0.1) is 6.54 Å². The maximum atomic E-state index is 12.1. The van der Waals surface area contributed by atoms with Crippen LogP contribution in [0.4, 0.5) is 16.3 Å². The van der Waals surface area contributed by atoms with Gasteiger partial charge in [0.25, 0.3) is 0 Å². The van der Waals surface area contributed by atoms with Gasteiger partial charge in [-0.3, -0.25) is 15.3 Å². The number of rotatable bonds is 4. The van der Waals surface area contributed by atoms with Crippen LogP contribution in [-0.2, 0) is 0 Å². The van der Waals surface area contributed by atoms with Gasteiger partial charge in [-0.2, -0.15) is 5.10 Å². The lowest BCUT2D eigenvalue weighted by Crippen LogP contribution is -2.19. The molecule has 6 heteroatoms. The molecule has 1 aliphatic carbocycles. The maximum absolute atomic E-state index is 12.1. The van der Waals surface area contributed by atoms with E-state index in [4.69, 9.17) is 0 Å². The average Bonchev–Trinajstić information content (AvgIpc) is 3.28. The van der Waals surface area contributed by atoms with Gasteiger partial charge in [-0.25, -0.2) is 4.79 Å². The fourth-order valence-electron chi connectivity index (χ4n) is 2.26. The van der Waals surface area contributed by atoms with Crippen LogP contribution in [0.15, 0.2) is 30.3 Å². The third-order valence-electron chi connectivity index (χ3n) is 3.60. The Hall–Kier alpha value is -2.78. The van der Waals surface area contributed by atoms with E-state index in [0.29, 0.717) is 24.0 Å². The first kappa shape index (κ1) is 16.1. The van der Waals surface area contributed by atoms with Crippen molar-refractivity contribution < 1.29 is 4.79 Å². The van der Waals surface area contributed by atoms with E-state index in [1.807, 2.05) is 49.3 Å². The van der Waals surface area contributed by atoms with Gasteiger partial charge in [-0.15, -0.1) is 0 Å². The molecular formula is C18H21N5O. The Kier molecular flexibility index (Phi) is 4.82. The zero-order chi connectivity index (χ0) is 16.9. The smallest absolute Gasteiger partial charge is 0.308 e. The molecule has 124 valence electrons. The van der Waals surface area contributed by atoms with Gasteiger partial charge in [0.2, 0.25) is 0 Å². The van der Waals surface area contributed by atoms with Crippen molar-refractivity contribution >= 4 is 17.5 Å². The highest BCUT2D eigenvalue weighted by Gasteiger charge is 2.25. The third kappa shape index (κ3) is 4.61. The number of urea groups is 1. The van der Waals surface area contributed by atoms with Gasteiger partial charge in [0.15, 0.2) is 5.82 Å². The number of anilines is 2. The normalized spacial score (nSPS) is 13.3. The molecule has 1 heterocycles. The molecular weight excluding hydrogens is 302 g/mol. The lowest BCUT2D eigenvalue weighted by molar-refractivity contribution is 0.262. The predicted octanol–water partition coefficient (Wildman–Crippen LogP) is 2.84. The van der Waals surface area contributed by atoms with E-state index in [-0.39, 0.29) is 6.03 Å². The Morgan fingerprint density at radius 1 is 1.33 bits per heavy atom. The molecule has 0 saturated heterocycles. The van der Waals surface area contributed by atoms with Crippen LogP contribution in [-0.4, -0.2) is 41.8 Å². The van der Waals surface area contributed by atoms with Crippen LogP contribution in [0, 0.1) is 11.8 Å². The molecule has 1 aromatic carbocycles. The second-order valence-corrected chi connectivity index (χ2v) is 6.18. The summed E-state index contributed by atoms with van der Waals surface area (Å²) in [7, 11) is 3.95. The summed E-state index contributed by atoms with van der Waals surface area (Å²) in [5, 5.41) is 12.6. The van der Waals surface area contributed by atoms with Gasteiger partial charge in [-0.05, 0) is 45.1 Å². The minimum atomic E-state index is -0.317. The number of carbonyl (C=O) groups excluding carboxylic acids is 1. The van der Waals surface area contributed by atoms with Gasteiger partial charge in [0.1, 0.15) is 0 Å². The van der Waals surface area contributed by atoms with Gasteiger partial charge < -0.3 is 5.32 Å². The van der Waals surface area contributed by atoms with Gasteiger partial charge >= 0.3 is 6.03 Å². The SMILES string of the molecule is CN(C)CC#Cc1cccc(NC(=O)Nc2cc(C3CC3)[nH]n2)c1. The van der Waals surface area contributed by atoms with E-state index in [2.05, 4.69) is 32.7 Å². The van der Waals surface area contributed by atoms with Crippen LogP contribution in [0.2, 0.25) is 0 Å². The Labute approximate surface area is 141 Å². The Morgan fingerprint density at radius 3 is 2.92 bits per heavy atom. The van der Waals surface area contributed by atoms with Crippen LogP contribution in [0.25, 0.3) is 0 Å². The lowest BCUT2D eigenvalue weighted by Gasteiger charge is -2.06. The number of nitrogens with zero attached hydrogens (tertiary/aromatic N) is 2. The molecule has 2 amide bonds. The number of carbonyl (C=O) groups is 1. The second kappa shape index (κ2) is 7.20. The zero-order valence-corrected chi connectivity index (χ0v) is 13.9. The largest absolute Gasteiger partial charge is 0.324 e. The first-order valence-corrected chi connectivity index (χ1v) is 7.97. The van der Waals surface area contributed by atoms with Gasteiger partial charge in [-0.1, -0.05) is 17.9 Å². The molecule has 1 saturated carbocycles. The van der Waals surface area contributed by atoms with Crippen molar-refractivity contribution in [1.29, 1.82) is 0 Å². The highest BCUT2D eigenvalue weighted by Crippen LogP contribution is 2.39. The first-order valence-electron chi connectivity index (χ1n) is 7.97. The van der Waals surface area contributed by atoms with Crippen molar-refractivity contribution in [3.05, 3.63) is 41.6 Å². The van der Waals surface area contributed by atoms with Crippen molar-refractivity contribution in [3.63, 3.8) is 0 Å². The van der Waals surface area contributed by atoms with Crippen molar-refractivity contribution in [3.8, 4) is 11.8 Å². The Morgan fingerprint density at radius 2 is 2.17 bits per heavy atom. The summed E-state index contributed by atoms with van der Waals surface area (Å²) in [5.41, 5.74) is 2.65. The molecule has 2 aromatic rings. The molecule has 0 atom stereocenters. The summed E-state index contributed by atoms with van der Waals surface area (Å²) in [6.45, 7) is 0.695. The Balaban J connectivity index is 1.57. The molecule has 3 rings (SSSR count). The van der Waals surface area contributed by atoms with Crippen molar-refractivity contribution in [2.24, 2.45) is 0 Å². The summed E-state index contributed by atoms with van der Waals surface area (Å²) in [6, 6.07) is 9.04. The molecule has 0 radical (unpaired) electrons. The van der Waals surface area contributed by atoms with Crippen LogP contribution in [0.1, 0.15) is 30.0 Å². The number of benzene rings is 1. The topological polar surface area (TPSA) is 73.1 Å². The van der Waals surface area contributed by atoms with E-state index < -0.39 is 0 Å². The van der Waals surface area contributed by atoms with E-state index in [9.17, 15) is 4.79 Å². The second-order valence-electron chi connectivity index (χ2n) is 6.18. The lowest BCUT2D eigenvalue weighted by atomic mass is 10.2. The highest BCUT2D eigenvalue weighted by atomic mass is 16.2. The number of aromatic amines is 1.